The second-order valence-corrected chi connectivity index (χ2v) is 8.81. The number of anilines is 2. The van der Waals surface area contributed by atoms with Gasteiger partial charge in [0.25, 0.3) is 15.9 Å². The van der Waals surface area contributed by atoms with Crippen LogP contribution in [0.2, 0.25) is 0 Å². The molecule has 2 heterocycles. The van der Waals surface area contributed by atoms with Gasteiger partial charge in [0.05, 0.1) is 10.5 Å². The fourth-order valence-electron chi connectivity index (χ4n) is 2.90. The molecule has 0 saturated carbocycles. The molecular weight excluding hydrogens is 446 g/mol. The number of amides is 1. The number of hydrogen-bond donors (Lipinski definition) is 2. The molecule has 3 rings (SSSR count). The SMILES string of the molecule is CCC(OC(=O)c1ccncc1)C(=O)Nc1ccc(S(=O)(=O)Nc2nc(C)cc(C)n2)cc1. The maximum absolute atomic E-state index is 12.6. The summed E-state index contributed by atoms with van der Waals surface area (Å²) in [5.74, 6) is -1.19. The van der Waals surface area contributed by atoms with E-state index in [0.717, 1.165) is 0 Å². The van der Waals surface area contributed by atoms with Crippen LogP contribution in [0.5, 0.6) is 0 Å². The van der Waals surface area contributed by atoms with Crippen LogP contribution in [0, 0.1) is 13.8 Å². The van der Waals surface area contributed by atoms with Gasteiger partial charge in [0.15, 0.2) is 6.10 Å². The van der Waals surface area contributed by atoms with Gasteiger partial charge in [-0.2, -0.15) is 0 Å². The Morgan fingerprint density at radius 2 is 1.61 bits per heavy atom. The molecule has 0 aliphatic heterocycles. The first kappa shape index (κ1) is 23.8. The van der Waals surface area contributed by atoms with Gasteiger partial charge in [-0.1, -0.05) is 6.92 Å². The zero-order valence-electron chi connectivity index (χ0n) is 18.3. The van der Waals surface area contributed by atoms with Crippen molar-refractivity contribution in [2.75, 3.05) is 10.0 Å². The Hall–Kier alpha value is -3.86. The molecule has 10 nitrogen and oxygen atoms in total. The van der Waals surface area contributed by atoms with Gasteiger partial charge in [-0.05, 0) is 62.7 Å². The Morgan fingerprint density at radius 1 is 1.00 bits per heavy atom. The van der Waals surface area contributed by atoms with Crippen LogP contribution in [0.25, 0.3) is 0 Å². The molecule has 172 valence electrons. The van der Waals surface area contributed by atoms with Gasteiger partial charge in [0.2, 0.25) is 5.95 Å². The van der Waals surface area contributed by atoms with Gasteiger partial charge in [0, 0.05) is 29.5 Å². The molecule has 0 aliphatic rings. The highest BCUT2D eigenvalue weighted by atomic mass is 32.2. The van der Waals surface area contributed by atoms with Crippen molar-refractivity contribution < 1.29 is 22.7 Å². The summed E-state index contributed by atoms with van der Waals surface area (Å²) in [6.07, 6.45) is 2.15. The first-order valence-corrected chi connectivity index (χ1v) is 11.5. The summed E-state index contributed by atoms with van der Waals surface area (Å²) in [5, 5.41) is 2.62. The fraction of sp³-hybridized carbons (Fsp3) is 0.227. The zero-order chi connectivity index (χ0) is 24.0. The van der Waals surface area contributed by atoms with E-state index in [-0.39, 0.29) is 22.8 Å². The maximum atomic E-state index is 12.6. The van der Waals surface area contributed by atoms with E-state index < -0.39 is 28.0 Å². The fourth-order valence-corrected chi connectivity index (χ4v) is 3.84. The average Bonchev–Trinajstić information content (AvgIpc) is 2.77. The van der Waals surface area contributed by atoms with Crippen molar-refractivity contribution in [3.8, 4) is 0 Å². The second-order valence-electron chi connectivity index (χ2n) is 7.13. The van der Waals surface area contributed by atoms with E-state index in [9.17, 15) is 18.0 Å². The first-order valence-electron chi connectivity index (χ1n) is 10.0. The molecule has 1 atom stereocenters. The number of carbonyl (C=O) groups excluding carboxylic acids is 2. The molecule has 0 fully saturated rings. The summed E-state index contributed by atoms with van der Waals surface area (Å²) < 4.78 is 32.9. The maximum Gasteiger partial charge on any atom is 0.339 e. The van der Waals surface area contributed by atoms with E-state index in [1.807, 2.05) is 0 Å². The quantitative estimate of drug-likeness (QED) is 0.480. The van der Waals surface area contributed by atoms with Crippen molar-refractivity contribution >= 4 is 33.5 Å². The Balaban J connectivity index is 1.66. The Morgan fingerprint density at radius 3 is 2.18 bits per heavy atom. The lowest BCUT2D eigenvalue weighted by Gasteiger charge is -2.16. The lowest BCUT2D eigenvalue weighted by molar-refractivity contribution is -0.124. The summed E-state index contributed by atoms with van der Waals surface area (Å²) in [4.78, 5) is 36.7. The molecular formula is C22H23N5O5S. The number of carbonyl (C=O) groups is 2. The zero-order valence-corrected chi connectivity index (χ0v) is 19.1. The van der Waals surface area contributed by atoms with Crippen molar-refractivity contribution in [3.63, 3.8) is 0 Å². The Labute approximate surface area is 191 Å². The standard InChI is InChI=1S/C22H23N5O5S/c1-4-19(32-21(29)16-9-11-23-12-10-16)20(28)26-17-5-7-18(8-6-17)33(30,31)27-22-24-14(2)13-15(3)25-22/h5-13,19H,4H2,1-3H3,(H,26,28)(H,24,25,27). The van der Waals surface area contributed by atoms with Crippen molar-refractivity contribution in [2.45, 2.75) is 38.2 Å². The topological polar surface area (TPSA) is 140 Å². The molecule has 2 aromatic heterocycles. The normalized spacial score (nSPS) is 12.0. The lowest BCUT2D eigenvalue weighted by atomic mass is 10.2. The van der Waals surface area contributed by atoms with E-state index in [1.54, 1.807) is 26.8 Å². The minimum Gasteiger partial charge on any atom is -0.449 e. The van der Waals surface area contributed by atoms with Crippen molar-refractivity contribution in [3.05, 3.63) is 71.8 Å². The number of nitrogens with one attached hydrogen (secondary N) is 2. The number of aryl methyl sites for hydroxylation is 2. The third kappa shape index (κ3) is 6.32. The molecule has 1 amide bonds. The number of nitrogens with zero attached hydrogens (tertiary/aromatic N) is 3. The Kier molecular flexibility index (Phi) is 7.34. The van der Waals surface area contributed by atoms with Crippen LogP contribution in [0.4, 0.5) is 11.6 Å². The molecule has 3 aromatic rings. The van der Waals surface area contributed by atoms with E-state index >= 15 is 0 Å². The predicted octanol–water partition coefficient (Wildman–Crippen LogP) is 2.86. The number of ether oxygens (including phenoxy) is 1. The lowest BCUT2D eigenvalue weighted by Crippen LogP contribution is -2.32. The third-order valence-corrected chi connectivity index (χ3v) is 5.81. The number of rotatable bonds is 8. The number of sulfonamides is 1. The highest BCUT2D eigenvalue weighted by Gasteiger charge is 2.22. The van der Waals surface area contributed by atoms with Crippen molar-refractivity contribution in [2.24, 2.45) is 0 Å². The van der Waals surface area contributed by atoms with Gasteiger partial charge in [-0.3, -0.25) is 9.78 Å². The molecule has 0 aliphatic carbocycles. The molecule has 1 unspecified atom stereocenters. The minimum atomic E-state index is -3.92. The molecule has 2 N–H and O–H groups in total. The van der Waals surface area contributed by atoms with E-state index in [1.165, 1.54) is 48.8 Å². The van der Waals surface area contributed by atoms with Crippen LogP contribution in [0.1, 0.15) is 35.1 Å². The number of benzene rings is 1. The molecule has 0 spiro atoms. The van der Waals surface area contributed by atoms with Crippen LogP contribution in [-0.2, 0) is 19.6 Å². The number of pyridine rings is 1. The number of hydrogen-bond acceptors (Lipinski definition) is 8. The highest BCUT2D eigenvalue weighted by molar-refractivity contribution is 7.92. The summed E-state index contributed by atoms with van der Waals surface area (Å²) in [7, 11) is -3.92. The summed E-state index contributed by atoms with van der Waals surface area (Å²) in [5.41, 5.74) is 1.90. The van der Waals surface area contributed by atoms with Crippen molar-refractivity contribution in [1.29, 1.82) is 0 Å². The smallest absolute Gasteiger partial charge is 0.339 e. The minimum absolute atomic E-state index is 0.0216. The first-order chi connectivity index (χ1) is 15.7. The summed E-state index contributed by atoms with van der Waals surface area (Å²) in [6.45, 7) is 5.18. The average molecular weight is 470 g/mol. The van der Waals surface area contributed by atoms with Crippen LogP contribution >= 0.6 is 0 Å². The number of aromatic nitrogens is 3. The molecule has 0 saturated heterocycles. The monoisotopic (exact) mass is 469 g/mol. The third-order valence-electron chi connectivity index (χ3n) is 4.47. The van der Waals surface area contributed by atoms with Crippen LogP contribution in [0.15, 0.2) is 59.8 Å². The largest absolute Gasteiger partial charge is 0.449 e. The van der Waals surface area contributed by atoms with Gasteiger partial charge in [-0.15, -0.1) is 0 Å². The highest BCUT2D eigenvalue weighted by Crippen LogP contribution is 2.18. The Bertz CT molecular complexity index is 1230. The van der Waals surface area contributed by atoms with Gasteiger partial charge < -0.3 is 10.1 Å². The van der Waals surface area contributed by atoms with E-state index in [2.05, 4.69) is 25.0 Å². The van der Waals surface area contributed by atoms with Crippen LogP contribution in [0.3, 0.4) is 0 Å². The van der Waals surface area contributed by atoms with E-state index in [4.69, 9.17) is 4.74 Å². The second kappa shape index (κ2) is 10.2. The molecule has 0 radical (unpaired) electrons. The summed E-state index contributed by atoms with van der Waals surface area (Å²) in [6, 6.07) is 10.3. The number of esters is 1. The summed E-state index contributed by atoms with van der Waals surface area (Å²) >= 11 is 0. The van der Waals surface area contributed by atoms with Crippen molar-refractivity contribution in [1.82, 2.24) is 15.0 Å². The molecule has 0 bridgehead atoms. The molecule has 1 aromatic carbocycles. The van der Waals surface area contributed by atoms with Crippen LogP contribution in [-0.4, -0.2) is 41.4 Å². The predicted molar refractivity (Wildman–Crippen MR) is 121 cm³/mol. The van der Waals surface area contributed by atoms with Gasteiger partial charge >= 0.3 is 5.97 Å². The van der Waals surface area contributed by atoms with Crippen LogP contribution < -0.4 is 10.0 Å². The van der Waals surface area contributed by atoms with Gasteiger partial charge in [0.1, 0.15) is 0 Å². The van der Waals surface area contributed by atoms with Gasteiger partial charge in [-0.25, -0.2) is 27.9 Å². The molecule has 33 heavy (non-hydrogen) atoms. The molecule has 11 heteroatoms. The van der Waals surface area contributed by atoms with E-state index in [0.29, 0.717) is 17.1 Å².